The van der Waals surface area contributed by atoms with Crippen LogP contribution in [0.5, 0.6) is 0 Å². The molecule has 0 aromatic heterocycles. The van der Waals surface area contributed by atoms with Crippen LogP contribution in [0.1, 0.15) is 32.6 Å². The number of likely N-dealkylation sites (N-methyl/N-ethyl adjacent to an activating group) is 1. The van der Waals surface area contributed by atoms with Gasteiger partial charge in [0.2, 0.25) is 0 Å². The van der Waals surface area contributed by atoms with Crippen LogP contribution in [0.25, 0.3) is 0 Å². The zero-order valence-corrected chi connectivity index (χ0v) is 12.3. The van der Waals surface area contributed by atoms with E-state index in [2.05, 4.69) is 29.1 Å². The van der Waals surface area contributed by atoms with Gasteiger partial charge in [-0.15, -0.1) is 0 Å². The van der Waals surface area contributed by atoms with E-state index < -0.39 is 0 Å². The molecule has 0 saturated carbocycles. The second kappa shape index (κ2) is 7.46. The number of hydrogen-bond acceptors (Lipinski definition) is 3. The molecule has 0 radical (unpaired) electrons. The minimum Gasteiger partial charge on any atom is -0.316 e. The SMILES string of the molecule is CC(CCN1CCCN(C)CC1)C1CCCNC1. The topological polar surface area (TPSA) is 18.5 Å². The van der Waals surface area contributed by atoms with Crippen molar-refractivity contribution in [3.63, 3.8) is 0 Å². The molecule has 2 aliphatic rings. The van der Waals surface area contributed by atoms with Gasteiger partial charge in [0.25, 0.3) is 0 Å². The molecule has 0 aromatic rings. The van der Waals surface area contributed by atoms with Gasteiger partial charge >= 0.3 is 0 Å². The first-order valence-electron chi connectivity index (χ1n) is 7.87. The molecular formula is C15H31N3. The predicted octanol–water partition coefficient (Wildman–Crippen LogP) is 1.65. The lowest BCUT2D eigenvalue weighted by atomic mass is 9.85. The Hall–Kier alpha value is -0.120. The van der Waals surface area contributed by atoms with Crippen LogP contribution >= 0.6 is 0 Å². The highest BCUT2D eigenvalue weighted by Gasteiger charge is 2.20. The van der Waals surface area contributed by atoms with Crippen molar-refractivity contribution in [2.24, 2.45) is 11.8 Å². The maximum atomic E-state index is 3.55. The van der Waals surface area contributed by atoms with E-state index in [1.54, 1.807) is 0 Å². The summed E-state index contributed by atoms with van der Waals surface area (Å²) in [7, 11) is 2.25. The lowest BCUT2D eigenvalue weighted by Crippen LogP contribution is -2.35. The number of nitrogens with one attached hydrogen (secondary N) is 1. The zero-order chi connectivity index (χ0) is 12.8. The minimum atomic E-state index is 0.888. The maximum Gasteiger partial charge on any atom is 0.0109 e. The minimum absolute atomic E-state index is 0.888. The molecule has 18 heavy (non-hydrogen) atoms. The number of piperidine rings is 1. The largest absolute Gasteiger partial charge is 0.316 e. The molecule has 3 heteroatoms. The summed E-state index contributed by atoms with van der Waals surface area (Å²) in [5, 5.41) is 3.55. The second-order valence-electron chi connectivity index (χ2n) is 6.37. The van der Waals surface area contributed by atoms with Crippen LogP contribution < -0.4 is 5.32 Å². The van der Waals surface area contributed by atoms with Crippen molar-refractivity contribution in [3.8, 4) is 0 Å². The Kier molecular flexibility index (Phi) is 5.93. The fourth-order valence-corrected chi connectivity index (χ4v) is 3.31. The quantitative estimate of drug-likeness (QED) is 0.822. The van der Waals surface area contributed by atoms with Gasteiger partial charge < -0.3 is 15.1 Å². The highest BCUT2D eigenvalue weighted by atomic mass is 15.2. The van der Waals surface area contributed by atoms with E-state index in [0.29, 0.717) is 0 Å². The summed E-state index contributed by atoms with van der Waals surface area (Å²) < 4.78 is 0. The zero-order valence-electron chi connectivity index (χ0n) is 12.3. The van der Waals surface area contributed by atoms with E-state index in [1.807, 2.05) is 0 Å². The molecule has 2 saturated heterocycles. The van der Waals surface area contributed by atoms with Crippen molar-refractivity contribution in [1.29, 1.82) is 0 Å². The summed E-state index contributed by atoms with van der Waals surface area (Å²) in [5.41, 5.74) is 0. The summed E-state index contributed by atoms with van der Waals surface area (Å²) in [6.45, 7) is 11.4. The van der Waals surface area contributed by atoms with Gasteiger partial charge in [-0.1, -0.05) is 6.92 Å². The maximum absolute atomic E-state index is 3.55. The third-order valence-corrected chi connectivity index (χ3v) is 4.85. The number of rotatable bonds is 4. The Balaban J connectivity index is 1.66. The van der Waals surface area contributed by atoms with Crippen LogP contribution in [-0.2, 0) is 0 Å². The van der Waals surface area contributed by atoms with Crippen LogP contribution in [0.2, 0.25) is 0 Å². The van der Waals surface area contributed by atoms with Crippen molar-refractivity contribution in [2.75, 3.05) is 52.9 Å². The Morgan fingerprint density at radius 1 is 1.17 bits per heavy atom. The van der Waals surface area contributed by atoms with Crippen molar-refractivity contribution >= 4 is 0 Å². The summed E-state index contributed by atoms with van der Waals surface area (Å²) in [6.07, 6.45) is 5.55. The molecule has 3 nitrogen and oxygen atoms in total. The molecule has 0 bridgehead atoms. The lowest BCUT2D eigenvalue weighted by molar-refractivity contribution is 0.215. The smallest absolute Gasteiger partial charge is 0.0109 e. The van der Waals surface area contributed by atoms with Crippen LogP contribution in [0.4, 0.5) is 0 Å². The highest BCUT2D eigenvalue weighted by molar-refractivity contribution is 4.75. The van der Waals surface area contributed by atoms with Crippen molar-refractivity contribution in [3.05, 3.63) is 0 Å². The van der Waals surface area contributed by atoms with E-state index >= 15 is 0 Å². The normalized spacial score (nSPS) is 30.0. The van der Waals surface area contributed by atoms with E-state index in [4.69, 9.17) is 0 Å². The number of hydrogen-bond donors (Lipinski definition) is 1. The molecule has 2 unspecified atom stereocenters. The van der Waals surface area contributed by atoms with Gasteiger partial charge in [0.15, 0.2) is 0 Å². The molecule has 2 atom stereocenters. The average Bonchev–Trinajstić information content (AvgIpc) is 2.62. The van der Waals surface area contributed by atoms with E-state index in [-0.39, 0.29) is 0 Å². The van der Waals surface area contributed by atoms with Gasteiger partial charge in [-0.2, -0.15) is 0 Å². The highest BCUT2D eigenvalue weighted by Crippen LogP contribution is 2.22. The molecule has 106 valence electrons. The summed E-state index contributed by atoms with van der Waals surface area (Å²) in [5.74, 6) is 1.81. The predicted molar refractivity (Wildman–Crippen MR) is 77.9 cm³/mol. The fourth-order valence-electron chi connectivity index (χ4n) is 3.31. The van der Waals surface area contributed by atoms with Crippen molar-refractivity contribution in [2.45, 2.75) is 32.6 Å². The van der Waals surface area contributed by atoms with Gasteiger partial charge in [0.05, 0.1) is 0 Å². The first-order chi connectivity index (χ1) is 8.75. The molecule has 2 fully saturated rings. The molecular weight excluding hydrogens is 222 g/mol. The molecule has 0 spiro atoms. The third kappa shape index (κ3) is 4.52. The Bertz CT molecular complexity index is 224. The summed E-state index contributed by atoms with van der Waals surface area (Å²) >= 11 is 0. The molecule has 2 rings (SSSR count). The van der Waals surface area contributed by atoms with Crippen molar-refractivity contribution < 1.29 is 0 Å². The molecule has 2 heterocycles. The summed E-state index contributed by atoms with van der Waals surface area (Å²) in [4.78, 5) is 5.14. The first-order valence-corrected chi connectivity index (χ1v) is 7.87. The molecule has 0 amide bonds. The van der Waals surface area contributed by atoms with Crippen LogP contribution in [0.3, 0.4) is 0 Å². The monoisotopic (exact) mass is 253 g/mol. The fraction of sp³-hybridized carbons (Fsp3) is 1.00. The Labute approximate surface area is 113 Å². The van der Waals surface area contributed by atoms with E-state index in [0.717, 1.165) is 11.8 Å². The number of nitrogens with zero attached hydrogens (tertiary/aromatic N) is 2. The standard InChI is InChI=1S/C15H31N3/c1-14(15-5-3-7-16-13-15)6-10-18-9-4-8-17(2)11-12-18/h14-16H,3-13H2,1-2H3. The first kappa shape index (κ1) is 14.3. The van der Waals surface area contributed by atoms with Gasteiger partial charge in [-0.25, -0.2) is 0 Å². The lowest BCUT2D eigenvalue weighted by Gasteiger charge is -2.30. The second-order valence-corrected chi connectivity index (χ2v) is 6.37. The van der Waals surface area contributed by atoms with Gasteiger partial charge in [0, 0.05) is 13.1 Å². The van der Waals surface area contributed by atoms with Gasteiger partial charge in [0.1, 0.15) is 0 Å². The van der Waals surface area contributed by atoms with E-state index in [1.165, 1.54) is 71.5 Å². The molecule has 0 aliphatic carbocycles. The van der Waals surface area contributed by atoms with Crippen LogP contribution in [0, 0.1) is 11.8 Å². The van der Waals surface area contributed by atoms with Crippen LogP contribution in [-0.4, -0.2) is 62.7 Å². The average molecular weight is 253 g/mol. The molecule has 1 N–H and O–H groups in total. The third-order valence-electron chi connectivity index (χ3n) is 4.85. The Morgan fingerprint density at radius 3 is 2.83 bits per heavy atom. The van der Waals surface area contributed by atoms with Crippen LogP contribution in [0.15, 0.2) is 0 Å². The van der Waals surface area contributed by atoms with Gasteiger partial charge in [-0.3, -0.25) is 0 Å². The molecule has 0 aromatic carbocycles. The summed E-state index contributed by atoms with van der Waals surface area (Å²) in [6, 6.07) is 0. The van der Waals surface area contributed by atoms with Crippen molar-refractivity contribution in [1.82, 2.24) is 15.1 Å². The van der Waals surface area contributed by atoms with E-state index in [9.17, 15) is 0 Å². The molecule has 2 aliphatic heterocycles. The van der Waals surface area contributed by atoms with Gasteiger partial charge in [-0.05, 0) is 77.3 Å². The Morgan fingerprint density at radius 2 is 2.06 bits per heavy atom.